The Kier molecular flexibility index (Phi) is 9.19. The average molecular weight is 742 g/mol. The number of benzene rings is 6. The molecule has 0 atom stereocenters. The van der Waals surface area contributed by atoms with E-state index in [9.17, 15) is 0 Å². The highest BCUT2D eigenvalue weighted by atomic mass is 35.5. The van der Waals surface area contributed by atoms with Crippen LogP contribution in [0.1, 0.15) is 0 Å². The Labute approximate surface area is 313 Å². The smallest absolute Gasteiger partial charge is 0.456 e. The summed E-state index contributed by atoms with van der Waals surface area (Å²) in [6, 6.07) is 41.3. The monoisotopic (exact) mass is 740 g/mol. The summed E-state index contributed by atoms with van der Waals surface area (Å²) < 4.78 is 11.9. The van der Waals surface area contributed by atoms with Gasteiger partial charge in [-0.2, -0.15) is 0 Å². The van der Waals surface area contributed by atoms with Crippen molar-refractivity contribution < 1.29 is 19.5 Å². The Morgan fingerprint density at radius 1 is 0.462 bits per heavy atom. The maximum Gasteiger partial charge on any atom is 0.488 e. The lowest BCUT2D eigenvalue weighted by Gasteiger charge is -2.20. The van der Waals surface area contributed by atoms with E-state index in [1.165, 1.54) is 0 Å². The number of halogens is 3. The average Bonchev–Trinajstić information content (AvgIpc) is 3.16. The van der Waals surface area contributed by atoms with Gasteiger partial charge in [-0.3, -0.25) is 0 Å². The third kappa shape index (κ3) is 6.64. The standard InChI is InChI=1S/C20H11ClN2O.C14H7ClN2O.C6H6BClO2/c21-13-10-8-12(9-11-13)20-22-15-5-3-7-17-18(15)19(23-20)14-4-1-2-6-16(14)24-17;15-14-16-9-5-3-7-11-12(9)13(17-14)8-4-1-2-6-10(8)18-11;8-6-3-1-5(2-4-6)7(9)10/h1-11H;1-7H;1-4,9-10H. The second-order valence-electron chi connectivity index (χ2n) is 11.7. The summed E-state index contributed by atoms with van der Waals surface area (Å²) in [5, 5.41) is 20.7. The van der Waals surface area contributed by atoms with Gasteiger partial charge in [-0.1, -0.05) is 71.7 Å². The van der Waals surface area contributed by atoms with Crippen molar-refractivity contribution in [2.75, 3.05) is 0 Å². The van der Waals surface area contributed by atoms with Crippen LogP contribution in [0.5, 0.6) is 23.0 Å². The van der Waals surface area contributed by atoms with Gasteiger partial charge in [0.05, 0.1) is 33.2 Å². The van der Waals surface area contributed by atoms with Gasteiger partial charge in [0, 0.05) is 26.7 Å². The molecule has 4 heterocycles. The van der Waals surface area contributed by atoms with Crippen molar-refractivity contribution in [3.05, 3.63) is 149 Å². The zero-order valence-electron chi connectivity index (χ0n) is 26.9. The molecular formula is C40H24BCl3N4O4. The molecule has 0 radical (unpaired) electrons. The first kappa shape index (κ1) is 33.6. The molecule has 0 saturated heterocycles. The normalized spacial score (nSPS) is 11.5. The lowest BCUT2D eigenvalue weighted by atomic mass is 9.81. The van der Waals surface area contributed by atoms with Crippen LogP contribution in [-0.4, -0.2) is 37.1 Å². The van der Waals surface area contributed by atoms with E-state index in [2.05, 4.69) is 9.97 Å². The fourth-order valence-corrected chi connectivity index (χ4v) is 6.36. The molecule has 8 nitrogen and oxygen atoms in total. The summed E-state index contributed by atoms with van der Waals surface area (Å²) in [6.45, 7) is 0. The molecule has 8 aromatic rings. The molecule has 0 saturated carbocycles. The van der Waals surface area contributed by atoms with Crippen molar-refractivity contribution in [1.29, 1.82) is 0 Å². The van der Waals surface area contributed by atoms with Gasteiger partial charge in [-0.25, -0.2) is 19.9 Å². The first-order valence-corrected chi connectivity index (χ1v) is 17.1. The largest absolute Gasteiger partial charge is 0.488 e. The molecule has 0 bridgehead atoms. The van der Waals surface area contributed by atoms with Crippen LogP contribution in [0.15, 0.2) is 133 Å². The van der Waals surface area contributed by atoms with Crippen molar-refractivity contribution >= 4 is 69.2 Å². The summed E-state index contributed by atoms with van der Waals surface area (Å²) in [5.74, 6) is 3.87. The van der Waals surface area contributed by atoms with Gasteiger partial charge in [-0.05, 0) is 102 Å². The number of fused-ring (bicyclic) bond motifs is 4. The topological polar surface area (TPSA) is 110 Å². The van der Waals surface area contributed by atoms with Crippen LogP contribution in [0, 0.1) is 0 Å². The minimum Gasteiger partial charge on any atom is -0.456 e. The van der Waals surface area contributed by atoms with Crippen LogP contribution < -0.4 is 14.9 Å². The molecule has 0 unspecified atom stereocenters. The van der Waals surface area contributed by atoms with Gasteiger partial charge in [-0.15, -0.1) is 0 Å². The Bertz CT molecular complexity index is 2610. The van der Waals surface area contributed by atoms with Crippen LogP contribution >= 0.6 is 34.8 Å². The summed E-state index contributed by atoms with van der Waals surface area (Å²) >= 11 is 17.5. The molecule has 2 N–H and O–H groups in total. The number of nitrogens with zero attached hydrogens (tertiary/aromatic N) is 4. The molecule has 252 valence electrons. The van der Waals surface area contributed by atoms with E-state index < -0.39 is 7.12 Å². The highest BCUT2D eigenvalue weighted by molar-refractivity contribution is 6.58. The minimum absolute atomic E-state index is 0.256. The Morgan fingerprint density at radius 3 is 1.50 bits per heavy atom. The van der Waals surface area contributed by atoms with Crippen LogP contribution in [-0.2, 0) is 0 Å². The van der Waals surface area contributed by atoms with E-state index in [4.69, 9.17) is 64.3 Å². The fourth-order valence-electron chi connectivity index (χ4n) is 5.94. The zero-order chi connectivity index (χ0) is 35.8. The van der Waals surface area contributed by atoms with Crippen molar-refractivity contribution in [1.82, 2.24) is 19.9 Å². The minimum atomic E-state index is -1.41. The third-order valence-corrected chi connectivity index (χ3v) is 9.01. The molecule has 6 aromatic carbocycles. The van der Waals surface area contributed by atoms with Gasteiger partial charge in [0.15, 0.2) is 5.82 Å². The quantitative estimate of drug-likeness (QED) is 0.133. The molecule has 52 heavy (non-hydrogen) atoms. The van der Waals surface area contributed by atoms with Crippen molar-refractivity contribution in [2.45, 2.75) is 0 Å². The molecule has 2 aliphatic rings. The van der Waals surface area contributed by atoms with Crippen molar-refractivity contribution in [3.63, 3.8) is 0 Å². The molecular weight excluding hydrogens is 718 g/mol. The van der Waals surface area contributed by atoms with Crippen LogP contribution in [0.3, 0.4) is 0 Å². The second kappa shape index (κ2) is 14.2. The Morgan fingerprint density at radius 2 is 0.942 bits per heavy atom. The lowest BCUT2D eigenvalue weighted by molar-refractivity contribution is 0.426. The van der Waals surface area contributed by atoms with E-state index in [0.29, 0.717) is 21.3 Å². The summed E-state index contributed by atoms with van der Waals surface area (Å²) in [6.07, 6.45) is 0. The van der Waals surface area contributed by atoms with E-state index >= 15 is 0 Å². The van der Waals surface area contributed by atoms with Gasteiger partial charge in [0.2, 0.25) is 5.28 Å². The summed E-state index contributed by atoms with van der Waals surface area (Å²) in [5.41, 5.74) is 6.74. The zero-order valence-corrected chi connectivity index (χ0v) is 29.2. The van der Waals surface area contributed by atoms with Crippen molar-refractivity contribution in [3.8, 4) is 56.9 Å². The molecule has 2 aliphatic heterocycles. The first-order valence-electron chi connectivity index (χ1n) is 16.0. The van der Waals surface area contributed by atoms with E-state index in [-0.39, 0.29) is 5.28 Å². The maximum absolute atomic E-state index is 8.63. The highest BCUT2D eigenvalue weighted by Crippen LogP contribution is 2.46. The molecule has 10 rings (SSSR count). The Hall–Kier alpha value is -5.55. The third-order valence-electron chi connectivity index (χ3n) is 8.34. The van der Waals surface area contributed by atoms with Gasteiger partial charge in [0.1, 0.15) is 23.0 Å². The van der Waals surface area contributed by atoms with Crippen molar-refractivity contribution in [2.24, 2.45) is 0 Å². The Balaban J connectivity index is 0.000000122. The van der Waals surface area contributed by atoms with Gasteiger partial charge < -0.3 is 19.5 Å². The molecule has 0 amide bonds. The van der Waals surface area contributed by atoms with Crippen LogP contribution in [0.2, 0.25) is 15.3 Å². The number of ether oxygens (including phenoxy) is 2. The van der Waals surface area contributed by atoms with E-state index in [1.54, 1.807) is 24.3 Å². The summed E-state index contributed by atoms with van der Waals surface area (Å²) in [4.78, 5) is 18.1. The van der Waals surface area contributed by atoms with E-state index in [1.807, 2.05) is 109 Å². The predicted octanol–water partition coefficient (Wildman–Crippen LogP) is 9.80. The molecule has 0 aliphatic carbocycles. The number of hydrogen-bond acceptors (Lipinski definition) is 8. The molecule has 0 spiro atoms. The second-order valence-corrected chi connectivity index (χ2v) is 12.9. The number of hydrogen-bond donors (Lipinski definition) is 2. The highest BCUT2D eigenvalue weighted by Gasteiger charge is 2.24. The predicted molar refractivity (Wildman–Crippen MR) is 207 cm³/mol. The molecule has 12 heteroatoms. The number of para-hydroxylation sites is 2. The fraction of sp³-hybridized carbons (Fsp3) is 0. The van der Waals surface area contributed by atoms with E-state index in [0.717, 1.165) is 72.9 Å². The van der Waals surface area contributed by atoms with Gasteiger partial charge in [0.25, 0.3) is 0 Å². The summed E-state index contributed by atoms with van der Waals surface area (Å²) in [7, 11) is -1.41. The van der Waals surface area contributed by atoms with Crippen LogP contribution in [0.4, 0.5) is 0 Å². The van der Waals surface area contributed by atoms with Gasteiger partial charge >= 0.3 is 7.12 Å². The number of aromatic nitrogens is 4. The first-order chi connectivity index (χ1) is 25.3. The van der Waals surface area contributed by atoms with Crippen LogP contribution in [0.25, 0.3) is 55.7 Å². The molecule has 0 fully saturated rings. The SMILES string of the molecule is Clc1ccc(-c2nc3c4c(cccc4n2)Oc2ccccc2-3)cc1.Clc1nc2c3c(cccc3n1)Oc1ccccc1-2.OB(O)c1ccc(Cl)cc1. The maximum atomic E-state index is 8.63. The number of rotatable bonds is 2. The molecule has 2 aromatic heterocycles. The lowest BCUT2D eigenvalue weighted by Crippen LogP contribution is -2.29.